The number of hydrogen-bond donors (Lipinski definition) is 0. The van der Waals surface area contributed by atoms with Gasteiger partial charge in [0.25, 0.3) is 0 Å². The van der Waals surface area contributed by atoms with Crippen molar-refractivity contribution in [3.8, 4) is 33.4 Å². The van der Waals surface area contributed by atoms with Crippen molar-refractivity contribution in [3.05, 3.63) is 161 Å². The van der Waals surface area contributed by atoms with Crippen molar-refractivity contribution in [2.24, 2.45) is 0 Å². The predicted octanol–water partition coefficient (Wildman–Crippen LogP) is 11.7. The van der Waals surface area contributed by atoms with Crippen LogP contribution in [0.25, 0.3) is 33.4 Å². The fraction of sp³-hybridized carbons (Fsp3) is 0.163. The average molecular weight is 568 g/mol. The van der Waals surface area contributed by atoms with Gasteiger partial charge in [0.2, 0.25) is 0 Å². The second-order valence-corrected chi connectivity index (χ2v) is 13.5. The van der Waals surface area contributed by atoms with Crippen LogP contribution in [0.5, 0.6) is 0 Å². The number of rotatable bonds is 4. The van der Waals surface area contributed by atoms with Crippen molar-refractivity contribution in [1.82, 2.24) is 0 Å². The Kier molecular flexibility index (Phi) is 5.81. The molecule has 0 heterocycles. The van der Waals surface area contributed by atoms with E-state index in [1.165, 1.54) is 66.9 Å². The molecular formula is C43H37N. The molecule has 214 valence electrons. The molecule has 0 amide bonds. The van der Waals surface area contributed by atoms with Crippen LogP contribution in [0, 0.1) is 6.92 Å². The molecule has 0 aliphatic heterocycles. The third-order valence-corrected chi connectivity index (χ3v) is 10.1. The number of anilines is 3. The number of aryl methyl sites for hydroxylation is 1. The van der Waals surface area contributed by atoms with Crippen LogP contribution in [-0.4, -0.2) is 0 Å². The Bertz CT molecular complexity index is 2010. The van der Waals surface area contributed by atoms with Crippen molar-refractivity contribution < 1.29 is 0 Å². The normalized spacial score (nSPS) is 14.8. The van der Waals surface area contributed by atoms with E-state index in [0.29, 0.717) is 0 Å². The number of nitrogens with zero attached hydrogens (tertiary/aromatic N) is 1. The van der Waals surface area contributed by atoms with E-state index in [4.69, 9.17) is 0 Å². The molecule has 0 saturated heterocycles. The van der Waals surface area contributed by atoms with Crippen LogP contribution in [0.4, 0.5) is 17.1 Å². The summed E-state index contributed by atoms with van der Waals surface area (Å²) in [5, 5.41) is 0. The second kappa shape index (κ2) is 9.56. The molecule has 0 fully saturated rings. The molecule has 0 atom stereocenters. The van der Waals surface area contributed by atoms with E-state index >= 15 is 0 Å². The van der Waals surface area contributed by atoms with Crippen molar-refractivity contribution in [3.63, 3.8) is 0 Å². The quantitative estimate of drug-likeness (QED) is 0.205. The molecular weight excluding hydrogens is 530 g/mol. The van der Waals surface area contributed by atoms with Crippen LogP contribution in [0.2, 0.25) is 0 Å². The number of fused-ring (bicyclic) bond motifs is 7. The van der Waals surface area contributed by atoms with E-state index in [2.05, 4.69) is 173 Å². The maximum Gasteiger partial charge on any atom is 0.0465 e. The first-order valence-corrected chi connectivity index (χ1v) is 15.7. The first-order valence-electron chi connectivity index (χ1n) is 15.7. The Morgan fingerprint density at radius 1 is 0.409 bits per heavy atom. The number of hydrogen-bond acceptors (Lipinski definition) is 1. The zero-order valence-corrected chi connectivity index (χ0v) is 26.1. The second-order valence-electron chi connectivity index (χ2n) is 13.5. The van der Waals surface area contributed by atoms with E-state index in [1.54, 1.807) is 0 Å². The molecule has 1 heteroatoms. The highest BCUT2D eigenvalue weighted by molar-refractivity contribution is 5.93. The first kappa shape index (κ1) is 26.7. The Hall–Kier alpha value is -4.88. The van der Waals surface area contributed by atoms with E-state index in [1.807, 2.05) is 0 Å². The van der Waals surface area contributed by atoms with Crippen molar-refractivity contribution in [2.45, 2.75) is 45.4 Å². The molecule has 44 heavy (non-hydrogen) atoms. The first-order chi connectivity index (χ1) is 21.2. The molecule has 6 aromatic rings. The molecule has 0 saturated carbocycles. The summed E-state index contributed by atoms with van der Waals surface area (Å²) >= 11 is 0. The lowest BCUT2D eigenvalue weighted by atomic mass is 9.72. The van der Waals surface area contributed by atoms with E-state index < -0.39 is 0 Å². The van der Waals surface area contributed by atoms with Gasteiger partial charge in [0.1, 0.15) is 0 Å². The fourth-order valence-corrected chi connectivity index (χ4v) is 7.87. The summed E-state index contributed by atoms with van der Waals surface area (Å²) in [7, 11) is 0. The van der Waals surface area contributed by atoms with Crippen LogP contribution in [0.1, 0.15) is 55.5 Å². The van der Waals surface area contributed by atoms with E-state index in [-0.39, 0.29) is 10.8 Å². The van der Waals surface area contributed by atoms with Gasteiger partial charge in [-0.25, -0.2) is 0 Å². The fourth-order valence-electron chi connectivity index (χ4n) is 7.87. The highest BCUT2D eigenvalue weighted by Gasteiger charge is 2.46. The van der Waals surface area contributed by atoms with Crippen LogP contribution >= 0.6 is 0 Å². The molecule has 0 aromatic heterocycles. The smallest absolute Gasteiger partial charge is 0.0465 e. The topological polar surface area (TPSA) is 3.24 Å². The van der Waals surface area contributed by atoms with Gasteiger partial charge in [-0.05, 0) is 105 Å². The van der Waals surface area contributed by atoms with Crippen LogP contribution < -0.4 is 4.90 Å². The average Bonchev–Trinajstić information content (AvgIpc) is 3.41. The highest BCUT2D eigenvalue weighted by atomic mass is 15.1. The molecule has 0 bridgehead atoms. The summed E-state index contributed by atoms with van der Waals surface area (Å²) in [5.74, 6) is 0. The van der Waals surface area contributed by atoms with Gasteiger partial charge in [-0.2, -0.15) is 0 Å². The SMILES string of the molecule is Cc1ccc(-c2ccc3c(c2)C(C)(C)c2c-3ccc3c2C(C)(C)c2cc(N(c4ccccc4)c4ccccc4)ccc2-3)cc1. The molecule has 0 radical (unpaired) electrons. The third kappa shape index (κ3) is 3.85. The Morgan fingerprint density at radius 2 is 0.864 bits per heavy atom. The summed E-state index contributed by atoms with van der Waals surface area (Å²) in [6.45, 7) is 11.8. The van der Waals surface area contributed by atoms with Gasteiger partial charge in [-0.1, -0.05) is 124 Å². The zero-order chi connectivity index (χ0) is 30.2. The van der Waals surface area contributed by atoms with Crippen molar-refractivity contribution in [2.75, 3.05) is 4.90 Å². The van der Waals surface area contributed by atoms with Gasteiger partial charge in [-0.3, -0.25) is 0 Å². The molecule has 0 unspecified atom stereocenters. The highest BCUT2D eigenvalue weighted by Crippen LogP contribution is 2.59. The molecule has 8 rings (SSSR count). The summed E-state index contributed by atoms with van der Waals surface area (Å²) in [6, 6.07) is 49.3. The van der Waals surface area contributed by atoms with Crippen molar-refractivity contribution >= 4 is 17.1 Å². The summed E-state index contributed by atoms with van der Waals surface area (Å²) in [6.07, 6.45) is 0. The predicted molar refractivity (Wildman–Crippen MR) is 186 cm³/mol. The molecule has 0 N–H and O–H groups in total. The van der Waals surface area contributed by atoms with Gasteiger partial charge in [0, 0.05) is 27.9 Å². The maximum absolute atomic E-state index is 2.44. The Morgan fingerprint density at radius 3 is 1.41 bits per heavy atom. The monoisotopic (exact) mass is 567 g/mol. The number of para-hydroxylation sites is 2. The van der Waals surface area contributed by atoms with Gasteiger partial charge < -0.3 is 4.90 Å². The van der Waals surface area contributed by atoms with Gasteiger partial charge >= 0.3 is 0 Å². The van der Waals surface area contributed by atoms with Crippen LogP contribution in [-0.2, 0) is 10.8 Å². The standard InChI is InChI=1S/C43H37N/c1-28-16-18-29(19-17-28)30-20-22-34-36-24-25-37-35-23-21-33(44(31-12-8-6-9-13-31)32-14-10-7-11-15-32)27-39(35)43(4,5)41(37)40(36)42(2,3)38(34)26-30/h6-27H,1-5H3. The molecule has 0 spiro atoms. The molecule has 2 aliphatic rings. The largest absolute Gasteiger partial charge is 0.310 e. The summed E-state index contributed by atoms with van der Waals surface area (Å²) in [4.78, 5) is 2.37. The van der Waals surface area contributed by atoms with Gasteiger partial charge in [0.05, 0.1) is 0 Å². The van der Waals surface area contributed by atoms with Crippen LogP contribution in [0.3, 0.4) is 0 Å². The Labute approximate surface area is 261 Å². The lowest BCUT2D eigenvalue weighted by Crippen LogP contribution is -2.24. The number of benzene rings is 6. The lowest BCUT2D eigenvalue weighted by Gasteiger charge is -2.31. The summed E-state index contributed by atoms with van der Waals surface area (Å²) in [5.41, 5.74) is 18.4. The van der Waals surface area contributed by atoms with Gasteiger partial charge in [0.15, 0.2) is 0 Å². The lowest BCUT2D eigenvalue weighted by molar-refractivity contribution is 0.601. The third-order valence-electron chi connectivity index (χ3n) is 10.1. The molecule has 2 aliphatic carbocycles. The van der Waals surface area contributed by atoms with Crippen molar-refractivity contribution in [1.29, 1.82) is 0 Å². The summed E-state index contributed by atoms with van der Waals surface area (Å²) < 4.78 is 0. The van der Waals surface area contributed by atoms with E-state index in [9.17, 15) is 0 Å². The van der Waals surface area contributed by atoms with E-state index in [0.717, 1.165) is 11.4 Å². The molecule has 1 nitrogen and oxygen atoms in total. The minimum atomic E-state index is -0.149. The Balaban J connectivity index is 1.27. The maximum atomic E-state index is 2.44. The van der Waals surface area contributed by atoms with Crippen LogP contribution in [0.15, 0.2) is 133 Å². The molecule has 6 aromatic carbocycles. The van der Waals surface area contributed by atoms with Gasteiger partial charge in [-0.15, -0.1) is 0 Å². The minimum Gasteiger partial charge on any atom is -0.310 e. The zero-order valence-electron chi connectivity index (χ0n) is 26.1. The minimum absolute atomic E-state index is 0.112.